The average molecular weight is 652 g/mol. The minimum atomic E-state index is -0.491. The maximum atomic E-state index is 7.07. The second-order valence-corrected chi connectivity index (χ2v) is 13.2. The number of benzene rings is 8. The zero-order valence-corrected chi connectivity index (χ0v) is 27.9. The highest BCUT2D eigenvalue weighted by Gasteiger charge is 2.46. The number of hydrogen-bond acceptors (Lipinski definition) is 2. The van der Waals surface area contributed by atoms with E-state index in [1.54, 1.807) is 0 Å². The summed E-state index contributed by atoms with van der Waals surface area (Å²) in [5.74, 6) is 0. The Bertz CT molecular complexity index is 2650. The number of hydrogen-bond donors (Lipinski definition) is 0. The summed E-state index contributed by atoms with van der Waals surface area (Å²) in [6.07, 6.45) is 0. The molecule has 0 radical (unpaired) electrons. The number of anilines is 3. The molecule has 0 unspecified atom stereocenters. The van der Waals surface area contributed by atoms with E-state index in [0.717, 1.165) is 44.6 Å². The van der Waals surface area contributed by atoms with E-state index in [2.05, 4.69) is 205 Å². The number of fused-ring (bicyclic) bond motifs is 6. The minimum Gasteiger partial charge on any atom is -0.454 e. The van der Waals surface area contributed by atoms with Gasteiger partial charge < -0.3 is 9.32 Å². The lowest BCUT2D eigenvalue weighted by molar-refractivity contribution is 0.666. The molecule has 51 heavy (non-hydrogen) atoms. The number of nitrogens with zero attached hydrogens (tertiary/aromatic N) is 1. The van der Waals surface area contributed by atoms with Gasteiger partial charge in [-0.1, -0.05) is 170 Å². The van der Waals surface area contributed by atoms with Crippen LogP contribution in [0.5, 0.6) is 0 Å². The van der Waals surface area contributed by atoms with Gasteiger partial charge in [0.15, 0.2) is 5.58 Å². The molecule has 0 saturated heterocycles. The van der Waals surface area contributed by atoms with Crippen LogP contribution in [0.15, 0.2) is 205 Å². The van der Waals surface area contributed by atoms with Gasteiger partial charge in [0.1, 0.15) is 5.58 Å². The van der Waals surface area contributed by atoms with Crippen molar-refractivity contribution in [2.45, 2.75) is 5.41 Å². The van der Waals surface area contributed by atoms with Crippen LogP contribution in [0.3, 0.4) is 0 Å². The van der Waals surface area contributed by atoms with Crippen LogP contribution < -0.4 is 4.90 Å². The summed E-state index contributed by atoms with van der Waals surface area (Å²) in [5.41, 5.74) is 14.3. The summed E-state index contributed by atoms with van der Waals surface area (Å²) in [6.45, 7) is 0. The molecule has 1 aliphatic carbocycles. The molecule has 0 amide bonds. The number of rotatable bonds is 6. The van der Waals surface area contributed by atoms with Gasteiger partial charge in [0.25, 0.3) is 0 Å². The lowest BCUT2D eigenvalue weighted by atomic mass is 9.67. The largest absolute Gasteiger partial charge is 0.454 e. The summed E-state index contributed by atoms with van der Waals surface area (Å²) >= 11 is 0. The third-order valence-electron chi connectivity index (χ3n) is 10.6. The van der Waals surface area contributed by atoms with E-state index in [1.807, 2.05) is 0 Å². The van der Waals surface area contributed by atoms with Crippen LogP contribution in [0.1, 0.15) is 22.3 Å². The molecule has 1 aliphatic rings. The first-order chi connectivity index (χ1) is 25.3. The van der Waals surface area contributed by atoms with Crippen LogP contribution >= 0.6 is 0 Å². The fraction of sp³-hybridized carbons (Fsp3) is 0.0204. The van der Waals surface area contributed by atoms with Gasteiger partial charge in [0.2, 0.25) is 0 Å². The third kappa shape index (κ3) is 4.43. The topological polar surface area (TPSA) is 16.4 Å². The van der Waals surface area contributed by atoms with Crippen LogP contribution in [0.25, 0.3) is 44.2 Å². The van der Waals surface area contributed by atoms with Gasteiger partial charge in [-0.05, 0) is 69.3 Å². The smallest absolute Gasteiger partial charge is 0.159 e. The fourth-order valence-corrected chi connectivity index (χ4v) is 8.42. The predicted molar refractivity (Wildman–Crippen MR) is 211 cm³/mol. The van der Waals surface area contributed by atoms with Crippen molar-refractivity contribution in [3.63, 3.8) is 0 Å². The molecule has 9 aromatic rings. The molecule has 2 nitrogen and oxygen atoms in total. The van der Waals surface area contributed by atoms with E-state index in [1.165, 1.54) is 38.9 Å². The van der Waals surface area contributed by atoms with E-state index in [4.69, 9.17) is 4.42 Å². The number of furan rings is 1. The standard InChI is InChI=1S/C49H33NO/c1-4-17-34(18-5-1)38-23-12-15-29-45(38)50(37-21-8-3-9-22-37)46-30-16-26-42-41-32-31-36(33-47(41)51-48(42)46)49(35-19-6-2-7-20-35)43-27-13-10-24-39(43)40-25-11-14-28-44(40)49/h1-33H. The molecular weight excluding hydrogens is 619 g/mol. The lowest BCUT2D eigenvalue weighted by Crippen LogP contribution is -2.28. The summed E-state index contributed by atoms with van der Waals surface area (Å²) in [5, 5.41) is 2.19. The van der Waals surface area contributed by atoms with Crippen molar-refractivity contribution in [1.82, 2.24) is 0 Å². The molecule has 1 aromatic heterocycles. The Morgan fingerprint density at radius 1 is 0.392 bits per heavy atom. The highest BCUT2D eigenvalue weighted by Crippen LogP contribution is 2.56. The quantitative estimate of drug-likeness (QED) is 0.178. The van der Waals surface area contributed by atoms with E-state index < -0.39 is 5.41 Å². The zero-order valence-electron chi connectivity index (χ0n) is 27.9. The Balaban J connectivity index is 1.22. The summed E-state index contributed by atoms with van der Waals surface area (Å²) in [4.78, 5) is 2.34. The summed E-state index contributed by atoms with van der Waals surface area (Å²) in [6, 6.07) is 71.9. The molecule has 0 aliphatic heterocycles. The molecule has 8 aromatic carbocycles. The maximum Gasteiger partial charge on any atom is 0.159 e. The molecule has 0 saturated carbocycles. The Labute approximate surface area is 297 Å². The van der Waals surface area contributed by atoms with E-state index in [9.17, 15) is 0 Å². The Morgan fingerprint density at radius 3 is 1.67 bits per heavy atom. The normalized spacial score (nSPS) is 12.9. The molecule has 0 N–H and O–H groups in total. The van der Waals surface area contributed by atoms with Crippen molar-refractivity contribution in [2.24, 2.45) is 0 Å². The van der Waals surface area contributed by atoms with Gasteiger partial charge in [-0.15, -0.1) is 0 Å². The van der Waals surface area contributed by atoms with Crippen LogP contribution in [0.4, 0.5) is 17.1 Å². The van der Waals surface area contributed by atoms with Gasteiger partial charge in [0, 0.05) is 22.0 Å². The van der Waals surface area contributed by atoms with Crippen LogP contribution in [0, 0.1) is 0 Å². The predicted octanol–water partition coefficient (Wildman–Crippen LogP) is 13.1. The zero-order chi connectivity index (χ0) is 33.8. The number of para-hydroxylation sites is 3. The molecule has 0 atom stereocenters. The first-order valence-electron chi connectivity index (χ1n) is 17.5. The van der Waals surface area contributed by atoms with Gasteiger partial charge in [-0.25, -0.2) is 0 Å². The minimum absolute atomic E-state index is 0.491. The Hall–Kier alpha value is -6.64. The van der Waals surface area contributed by atoms with Crippen LogP contribution in [0.2, 0.25) is 0 Å². The molecule has 240 valence electrons. The van der Waals surface area contributed by atoms with Gasteiger partial charge in [0.05, 0.1) is 16.8 Å². The van der Waals surface area contributed by atoms with Gasteiger partial charge >= 0.3 is 0 Å². The first-order valence-corrected chi connectivity index (χ1v) is 17.5. The molecule has 10 rings (SSSR count). The molecule has 0 spiro atoms. The average Bonchev–Trinajstić information content (AvgIpc) is 3.73. The molecule has 0 bridgehead atoms. The summed E-state index contributed by atoms with van der Waals surface area (Å²) in [7, 11) is 0. The monoisotopic (exact) mass is 651 g/mol. The van der Waals surface area contributed by atoms with Gasteiger partial charge in [-0.2, -0.15) is 0 Å². The van der Waals surface area contributed by atoms with Crippen molar-refractivity contribution < 1.29 is 4.42 Å². The second-order valence-electron chi connectivity index (χ2n) is 13.2. The maximum absolute atomic E-state index is 7.07. The van der Waals surface area contributed by atoms with Crippen LogP contribution in [-0.4, -0.2) is 0 Å². The molecule has 2 heteroatoms. The summed E-state index contributed by atoms with van der Waals surface area (Å²) < 4.78 is 7.07. The highest BCUT2D eigenvalue weighted by molar-refractivity contribution is 6.11. The van der Waals surface area contributed by atoms with Crippen LogP contribution in [-0.2, 0) is 5.41 Å². The first kappa shape index (κ1) is 29.3. The van der Waals surface area contributed by atoms with Gasteiger partial charge in [-0.3, -0.25) is 0 Å². The van der Waals surface area contributed by atoms with Crippen molar-refractivity contribution in [3.8, 4) is 22.3 Å². The van der Waals surface area contributed by atoms with Crippen molar-refractivity contribution in [2.75, 3.05) is 4.90 Å². The van der Waals surface area contributed by atoms with E-state index >= 15 is 0 Å². The highest BCUT2D eigenvalue weighted by atomic mass is 16.3. The fourth-order valence-electron chi connectivity index (χ4n) is 8.42. The Morgan fingerprint density at radius 2 is 0.961 bits per heavy atom. The SMILES string of the molecule is c1ccc(-c2ccccc2N(c2ccccc2)c2cccc3c2oc2cc(C4(c5ccccc5)c5ccccc5-c5ccccc54)ccc23)cc1. The third-order valence-corrected chi connectivity index (χ3v) is 10.6. The molecule has 1 heterocycles. The van der Waals surface area contributed by atoms with Crippen molar-refractivity contribution >= 4 is 39.0 Å². The molecular formula is C49H33NO. The molecule has 0 fully saturated rings. The van der Waals surface area contributed by atoms with Crippen molar-refractivity contribution in [3.05, 3.63) is 222 Å². The lowest BCUT2D eigenvalue weighted by Gasteiger charge is -2.33. The Kier molecular flexibility index (Phi) is 6.75. The van der Waals surface area contributed by atoms with E-state index in [-0.39, 0.29) is 0 Å². The second kappa shape index (κ2) is 11.8. The van der Waals surface area contributed by atoms with E-state index in [0.29, 0.717) is 0 Å². The van der Waals surface area contributed by atoms with Crippen molar-refractivity contribution in [1.29, 1.82) is 0 Å².